The number of unbranched alkanes of at least 4 members (excludes halogenated alkanes) is 5. The minimum atomic E-state index is -0.235. The van der Waals surface area contributed by atoms with E-state index in [4.69, 9.17) is 4.74 Å². The monoisotopic (exact) mass is 389 g/mol. The van der Waals surface area contributed by atoms with E-state index in [1.165, 1.54) is 37.4 Å². The molecule has 0 atom stereocenters. The predicted octanol–water partition coefficient (Wildman–Crippen LogP) is 6.42. The summed E-state index contributed by atoms with van der Waals surface area (Å²) in [6.45, 7) is 8.85. The first kappa shape index (κ1) is 23.4. The van der Waals surface area contributed by atoms with Crippen LogP contribution >= 0.6 is 11.8 Å². The van der Waals surface area contributed by atoms with Gasteiger partial charge in [-0.2, -0.15) is 0 Å². The van der Waals surface area contributed by atoms with Crippen LogP contribution in [-0.4, -0.2) is 30.6 Å². The van der Waals surface area contributed by atoms with Crippen molar-refractivity contribution in [3.63, 3.8) is 0 Å². The van der Waals surface area contributed by atoms with Gasteiger partial charge in [-0.25, -0.2) is 4.79 Å². The second-order valence-corrected chi connectivity index (χ2v) is 7.53. The molecular formula is C23H35NO2S. The van der Waals surface area contributed by atoms with Gasteiger partial charge in [0.25, 0.3) is 0 Å². The van der Waals surface area contributed by atoms with Crippen molar-refractivity contribution in [3.8, 4) is 0 Å². The van der Waals surface area contributed by atoms with Crippen LogP contribution in [0.25, 0.3) is 0 Å². The maximum atomic E-state index is 12.5. The topological polar surface area (TPSA) is 29.5 Å². The molecule has 0 radical (unpaired) electrons. The number of carbonyl (C=O) groups is 1. The Morgan fingerprint density at radius 1 is 1.00 bits per heavy atom. The van der Waals surface area contributed by atoms with Crippen molar-refractivity contribution in [2.24, 2.45) is 0 Å². The molecule has 0 fully saturated rings. The van der Waals surface area contributed by atoms with Crippen LogP contribution in [-0.2, 0) is 9.53 Å². The van der Waals surface area contributed by atoms with Gasteiger partial charge in [-0.15, -0.1) is 0 Å². The highest BCUT2D eigenvalue weighted by molar-refractivity contribution is 8.04. The van der Waals surface area contributed by atoms with E-state index in [1.807, 2.05) is 48.7 Å². The van der Waals surface area contributed by atoms with Crippen molar-refractivity contribution >= 4 is 17.7 Å². The van der Waals surface area contributed by atoms with Gasteiger partial charge < -0.3 is 9.64 Å². The Bertz CT molecular complexity index is 565. The average molecular weight is 390 g/mol. The number of rotatable bonds is 14. The van der Waals surface area contributed by atoms with Crippen molar-refractivity contribution in [2.75, 3.05) is 19.7 Å². The average Bonchev–Trinajstić information content (AvgIpc) is 2.70. The van der Waals surface area contributed by atoms with E-state index in [9.17, 15) is 4.79 Å². The van der Waals surface area contributed by atoms with Gasteiger partial charge in [0.1, 0.15) is 0 Å². The summed E-state index contributed by atoms with van der Waals surface area (Å²) in [5.41, 5.74) is 0. The summed E-state index contributed by atoms with van der Waals surface area (Å²) >= 11 is 1.46. The summed E-state index contributed by atoms with van der Waals surface area (Å²) in [6, 6.07) is 9.95. The molecule has 0 aliphatic carbocycles. The van der Waals surface area contributed by atoms with Gasteiger partial charge in [-0.1, -0.05) is 69.0 Å². The Hall–Kier alpha value is -1.68. The molecule has 0 heterocycles. The Labute approximate surface area is 169 Å². The van der Waals surface area contributed by atoms with Crippen molar-refractivity contribution in [3.05, 3.63) is 53.6 Å². The molecule has 4 heteroatoms. The van der Waals surface area contributed by atoms with Gasteiger partial charge in [-0.3, -0.25) is 0 Å². The molecule has 0 aliphatic heterocycles. The maximum Gasteiger partial charge on any atom is 0.344 e. The van der Waals surface area contributed by atoms with Crippen molar-refractivity contribution < 1.29 is 9.53 Å². The third-order valence-corrected chi connectivity index (χ3v) is 5.29. The van der Waals surface area contributed by atoms with Crippen LogP contribution in [0.1, 0.15) is 59.3 Å². The van der Waals surface area contributed by atoms with Gasteiger partial charge in [0, 0.05) is 18.0 Å². The number of carbonyl (C=O) groups excluding carboxylic acids is 1. The molecular weight excluding hydrogens is 354 g/mol. The van der Waals surface area contributed by atoms with E-state index in [0.717, 1.165) is 30.8 Å². The number of allylic oxidation sites excluding steroid dienone is 2. The Kier molecular flexibility index (Phi) is 13.3. The van der Waals surface area contributed by atoms with E-state index in [1.54, 1.807) is 0 Å². The third kappa shape index (κ3) is 10.9. The molecule has 3 nitrogen and oxygen atoms in total. The fraction of sp³-hybridized carbons (Fsp3) is 0.522. The van der Waals surface area contributed by atoms with Crippen LogP contribution in [0.2, 0.25) is 0 Å². The molecule has 0 N–H and O–H groups in total. The normalized spacial score (nSPS) is 11.7. The number of ether oxygens (including phenoxy) is 1. The van der Waals surface area contributed by atoms with Crippen molar-refractivity contribution in [1.29, 1.82) is 0 Å². The second-order valence-electron chi connectivity index (χ2n) is 6.41. The number of thioether (sulfide) groups is 1. The van der Waals surface area contributed by atoms with Gasteiger partial charge in [0.15, 0.2) is 0 Å². The first-order chi connectivity index (χ1) is 13.2. The predicted molar refractivity (Wildman–Crippen MR) is 117 cm³/mol. The molecule has 0 amide bonds. The van der Waals surface area contributed by atoms with Crippen molar-refractivity contribution in [1.82, 2.24) is 4.90 Å². The standard InChI is InChI=1S/C23H35NO2S/c1-4-7-8-9-10-14-20-26-23(25)22(18-15-19-24(5-2)6-3)27-21-16-12-11-13-17-21/h11-13,15-19H,4-10,14,20H2,1-3H3/b19-15+,22-18-. The van der Waals surface area contributed by atoms with Gasteiger partial charge in [0.05, 0.1) is 11.5 Å². The lowest BCUT2D eigenvalue weighted by atomic mass is 10.1. The lowest BCUT2D eigenvalue weighted by Crippen LogP contribution is -2.15. The molecule has 1 rings (SSSR count). The fourth-order valence-electron chi connectivity index (χ4n) is 2.56. The number of nitrogens with zero attached hydrogens (tertiary/aromatic N) is 1. The van der Waals surface area contributed by atoms with Gasteiger partial charge in [0.2, 0.25) is 0 Å². The number of benzene rings is 1. The summed E-state index contributed by atoms with van der Waals surface area (Å²) in [5.74, 6) is -0.235. The highest BCUT2D eigenvalue weighted by Crippen LogP contribution is 2.27. The Morgan fingerprint density at radius 2 is 1.67 bits per heavy atom. The van der Waals surface area contributed by atoms with Crippen molar-refractivity contribution in [2.45, 2.75) is 64.2 Å². The first-order valence-corrected chi connectivity index (χ1v) is 11.0. The van der Waals surface area contributed by atoms with Gasteiger partial charge >= 0.3 is 5.97 Å². The Morgan fingerprint density at radius 3 is 2.33 bits per heavy atom. The number of hydrogen-bond acceptors (Lipinski definition) is 4. The van der Waals surface area contributed by atoms with Crippen LogP contribution in [0, 0.1) is 0 Å². The molecule has 1 aromatic rings. The smallest absolute Gasteiger partial charge is 0.344 e. The lowest BCUT2D eigenvalue weighted by Gasteiger charge is -2.14. The summed E-state index contributed by atoms with van der Waals surface area (Å²) < 4.78 is 5.52. The molecule has 0 saturated carbocycles. The molecule has 0 spiro atoms. The van der Waals surface area contributed by atoms with E-state index in [0.29, 0.717) is 11.5 Å². The molecule has 0 aromatic heterocycles. The van der Waals surface area contributed by atoms with E-state index in [2.05, 4.69) is 25.7 Å². The minimum Gasteiger partial charge on any atom is -0.462 e. The first-order valence-electron chi connectivity index (χ1n) is 10.2. The molecule has 0 saturated heterocycles. The molecule has 0 aliphatic rings. The maximum absolute atomic E-state index is 12.5. The summed E-state index contributed by atoms with van der Waals surface area (Å²) in [7, 11) is 0. The zero-order chi connectivity index (χ0) is 19.7. The summed E-state index contributed by atoms with van der Waals surface area (Å²) in [5, 5.41) is 0. The molecule has 27 heavy (non-hydrogen) atoms. The van der Waals surface area contributed by atoms with Crippen LogP contribution in [0.15, 0.2) is 58.5 Å². The molecule has 0 unspecified atom stereocenters. The zero-order valence-electron chi connectivity index (χ0n) is 17.2. The van der Waals surface area contributed by atoms with Crippen LogP contribution in [0.3, 0.4) is 0 Å². The summed E-state index contributed by atoms with van der Waals surface area (Å²) in [4.78, 5) is 16.4. The SMILES string of the molecule is CCCCCCCCOC(=O)/C(=C/C=C/N(CC)CC)Sc1ccccc1. The number of esters is 1. The number of hydrogen-bond donors (Lipinski definition) is 0. The highest BCUT2D eigenvalue weighted by atomic mass is 32.2. The summed E-state index contributed by atoms with van der Waals surface area (Å²) in [6.07, 6.45) is 12.9. The Balaban J connectivity index is 2.60. The molecule has 150 valence electrons. The molecule has 0 bridgehead atoms. The largest absolute Gasteiger partial charge is 0.462 e. The highest BCUT2D eigenvalue weighted by Gasteiger charge is 2.12. The van der Waals surface area contributed by atoms with Crippen LogP contribution in [0.5, 0.6) is 0 Å². The van der Waals surface area contributed by atoms with Gasteiger partial charge in [-0.05, 0) is 50.8 Å². The zero-order valence-corrected chi connectivity index (χ0v) is 18.0. The minimum absolute atomic E-state index is 0.235. The quantitative estimate of drug-likeness (QED) is 0.121. The van der Waals surface area contributed by atoms with E-state index in [-0.39, 0.29) is 5.97 Å². The van der Waals surface area contributed by atoms with Crippen LogP contribution < -0.4 is 0 Å². The third-order valence-electron chi connectivity index (χ3n) is 4.26. The fourth-order valence-corrected chi connectivity index (χ4v) is 3.40. The van der Waals surface area contributed by atoms with E-state index < -0.39 is 0 Å². The second kappa shape index (κ2) is 15.4. The van der Waals surface area contributed by atoms with Crippen LogP contribution in [0.4, 0.5) is 0 Å². The van der Waals surface area contributed by atoms with E-state index >= 15 is 0 Å². The molecule has 1 aromatic carbocycles. The lowest BCUT2D eigenvalue weighted by molar-refractivity contribution is -0.138.